The standard InChI is InChI=1S/C15H23N3OS/c1-9(2)13-17-7-11(19-13)10(3)6-15(4,5)12-8-18-14(16)20-12/h7-10H,6H2,1-5H3,(H2,16,18). The Hall–Kier alpha value is -1.36. The van der Waals surface area contributed by atoms with Gasteiger partial charge in [0.15, 0.2) is 11.0 Å². The number of hydrogen-bond donors (Lipinski definition) is 1. The molecule has 0 saturated carbocycles. The topological polar surface area (TPSA) is 64.9 Å². The van der Waals surface area contributed by atoms with Gasteiger partial charge in [0.1, 0.15) is 5.76 Å². The Balaban J connectivity index is 2.11. The summed E-state index contributed by atoms with van der Waals surface area (Å²) in [6, 6.07) is 0. The second-order valence-corrected chi connectivity index (χ2v) is 7.37. The van der Waals surface area contributed by atoms with Crippen molar-refractivity contribution >= 4 is 16.5 Å². The van der Waals surface area contributed by atoms with Gasteiger partial charge < -0.3 is 10.2 Å². The molecule has 20 heavy (non-hydrogen) atoms. The maximum atomic E-state index is 5.85. The van der Waals surface area contributed by atoms with E-state index in [2.05, 4.69) is 44.6 Å². The highest BCUT2D eigenvalue weighted by Crippen LogP contribution is 2.38. The van der Waals surface area contributed by atoms with E-state index < -0.39 is 0 Å². The number of nitrogens with two attached hydrogens (primary N) is 1. The van der Waals surface area contributed by atoms with Gasteiger partial charge in [-0.2, -0.15) is 0 Å². The molecule has 2 rings (SSSR count). The smallest absolute Gasteiger partial charge is 0.196 e. The van der Waals surface area contributed by atoms with Crippen molar-refractivity contribution in [2.75, 3.05) is 5.73 Å². The lowest BCUT2D eigenvalue weighted by Crippen LogP contribution is -2.18. The van der Waals surface area contributed by atoms with E-state index >= 15 is 0 Å². The molecule has 0 spiro atoms. The van der Waals surface area contributed by atoms with Crippen molar-refractivity contribution in [1.82, 2.24) is 9.97 Å². The summed E-state index contributed by atoms with van der Waals surface area (Å²) in [7, 11) is 0. The van der Waals surface area contributed by atoms with Crippen molar-refractivity contribution in [3.8, 4) is 0 Å². The zero-order valence-corrected chi connectivity index (χ0v) is 13.6. The normalized spacial score (nSPS) is 13.9. The van der Waals surface area contributed by atoms with Gasteiger partial charge in [0, 0.05) is 28.3 Å². The highest BCUT2D eigenvalue weighted by molar-refractivity contribution is 7.15. The van der Waals surface area contributed by atoms with Crippen LogP contribution in [-0.4, -0.2) is 9.97 Å². The van der Waals surface area contributed by atoms with Crippen molar-refractivity contribution in [3.05, 3.63) is 28.9 Å². The highest BCUT2D eigenvalue weighted by atomic mass is 32.1. The minimum atomic E-state index is 0.0273. The Bertz CT molecular complexity index is 571. The third kappa shape index (κ3) is 3.20. The van der Waals surface area contributed by atoms with Gasteiger partial charge in [0.05, 0.1) is 6.20 Å². The molecular weight excluding hydrogens is 270 g/mol. The first kappa shape index (κ1) is 15.0. The Kier molecular flexibility index (Phi) is 4.18. The van der Waals surface area contributed by atoms with E-state index in [1.165, 1.54) is 4.88 Å². The second kappa shape index (κ2) is 5.56. The Morgan fingerprint density at radius 3 is 2.45 bits per heavy atom. The van der Waals surface area contributed by atoms with Gasteiger partial charge in [-0.3, -0.25) is 0 Å². The molecule has 0 aliphatic heterocycles. The summed E-state index contributed by atoms with van der Waals surface area (Å²) >= 11 is 1.56. The number of nitrogens with zero attached hydrogens (tertiary/aromatic N) is 2. The minimum Gasteiger partial charge on any atom is -0.445 e. The molecule has 2 aromatic rings. The van der Waals surface area contributed by atoms with E-state index in [1.54, 1.807) is 11.3 Å². The van der Waals surface area contributed by atoms with Gasteiger partial charge in [0.2, 0.25) is 0 Å². The number of rotatable bonds is 5. The predicted octanol–water partition coefficient (Wildman–Crippen LogP) is 4.31. The van der Waals surface area contributed by atoms with Gasteiger partial charge >= 0.3 is 0 Å². The lowest BCUT2D eigenvalue weighted by atomic mass is 9.82. The molecule has 5 heteroatoms. The highest BCUT2D eigenvalue weighted by Gasteiger charge is 2.28. The van der Waals surface area contributed by atoms with Gasteiger partial charge in [0.25, 0.3) is 0 Å². The van der Waals surface area contributed by atoms with E-state index in [0.717, 1.165) is 18.1 Å². The molecule has 0 aliphatic rings. The minimum absolute atomic E-state index is 0.0273. The SMILES string of the molecule is CC(C)c1ncc(C(C)CC(C)(C)c2cnc(N)s2)o1. The van der Waals surface area contributed by atoms with E-state index in [1.807, 2.05) is 12.4 Å². The number of oxazole rings is 1. The maximum Gasteiger partial charge on any atom is 0.196 e. The molecule has 1 unspecified atom stereocenters. The van der Waals surface area contributed by atoms with Crippen LogP contribution in [0.25, 0.3) is 0 Å². The Labute approximate surface area is 124 Å². The molecule has 2 heterocycles. The van der Waals surface area contributed by atoms with Crippen molar-refractivity contribution in [2.24, 2.45) is 0 Å². The first-order chi connectivity index (χ1) is 9.29. The van der Waals surface area contributed by atoms with Crippen LogP contribution in [0.1, 0.15) is 69.4 Å². The number of nitrogen functional groups attached to an aromatic ring is 1. The average molecular weight is 293 g/mol. The molecule has 1 atom stereocenters. The molecule has 0 aromatic carbocycles. The molecule has 0 aliphatic carbocycles. The van der Waals surface area contributed by atoms with Crippen molar-refractivity contribution in [3.63, 3.8) is 0 Å². The van der Waals surface area contributed by atoms with Crippen LogP contribution in [0.4, 0.5) is 5.13 Å². The second-order valence-electron chi connectivity index (χ2n) is 6.31. The number of aromatic nitrogens is 2. The average Bonchev–Trinajstić information content (AvgIpc) is 2.96. The number of hydrogen-bond acceptors (Lipinski definition) is 5. The summed E-state index contributed by atoms with van der Waals surface area (Å²) in [6.45, 7) is 10.8. The van der Waals surface area contributed by atoms with E-state index in [4.69, 9.17) is 10.2 Å². The largest absolute Gasteiger partial charge is 0.445 e. The van der Waals surface area contributed by atoms with Crippen LogP contribution in [0.3, 0.4) is 0 Å². The van der Waals surface area contributed by atoms with Crippen LogP contribution >= 0.6 is 11.3 Å². The predicted molar refractivity (Wildman–Crippen MR) is 83.2 cm³/mol. The third-order valence-electron chi connectivity index (χ3n) is 3.53. The van der Waals surface area contributed by atoms with Crippen LogP contribution in [0.2, 0.25) is 0 Å². The summed E-state index contributed by atoms with van der Waals surface area (Å²) in [5.41, 5.74) is 5.76. The fourth-order valence-corrected chi connectivity index (χ4v) is 3.16. The molecule has 0 saturated heterocycles. The van der Waals surface area contributed by atoms with Gasteiger partial charge in [-0.1, -0.05) is 34.6 Å². The molecule has 0 amide bonds. The molecular formula is C15H23N3OS. The monoisotopic (exact) mass is 293 g/mol. The fourth-order valence-electron chi connectivity index (χ4n) is 2.36. The molecule has 4 nitrogen and oxygen atoms in total. The molecule has 0 radical (unpaired) electrons. The van der Waals surface area contributed by atoms with E-state index in [9.17, 15) is 0 Å². The van der Waals surface area contributed by atoms with Crippen LogP contribution in [0.5, 0.6) is 0 Å². The van der Waals surface area contributed by atoms with Crippen LogP contribution in [-0.2, 0) is 5.41 Å². The molecule has 0 fully saturated rings. The molecule has 2 aromatic heterocycles. The zero-order chi connectivity index (χ0) is 14.9. The molecule has 2 N–H and O–H groups in total. The lowest BCUT2D eigenvalue weighted by molar-refractivity contribution is 0.369. The summed E-state index contributed by atoms with van der Waals surface area (Å²) in [4.78, 5) is 9.71. The summed E-state index contributed by atoms with van der Waals surface area (Å²) in [6.07, 6.45) is 4.71. The Morgan fingerprint density at radius 2 is 1.95 bits per heavy atom. The van der Waals surface area contributed by atoms with Gasteiger partial charge in [-0.15, -0.1) is 11.3 Å². The molecule has 0 bridgehead atoms. The van der Waals surface area contributed by atoms with E-state index in [-0.39, 0.29) is 5.41 Å². The first-order valence-corrected chi connectivity index (χ1v) is 7.78. The van der Waals surface area contributed by atoms with E-state index in [0.29, 0.717) is 17.0 Å². The van der Waals surface area contributed by atoms with Crippen LogP contribution < -0.4 is 5.73 Å². The van der Waals surface area contributed by atoms with Gasteiger partial charge in [-0.05, 0) is 6.42 Å². The zero-order valence-electron chi connectivity index (χ0n) is 12.8. The summed E-state index contributed by atoms with van der Waals surface area (Å²) in [5.74, 6) is 2.41. The van der Waals surface area contributed by atoms with Crippen LogP contribution in [0.15, 0.2) is 16.8 Å². The van der Waals surface area contributed by atoms with Crippen molar-refractivity contribution < 1.29 is 4.42 Å². The van der Waals surface area contributed by atoms with Gasteiger partial charge in [-0.25, -0.2) is 9.97 Å². The molecule has 110 valence electrons. The Morgan fingerprint density at radius 1 is 1.25 bits per heavy atom. The lowest BCUT2D eigenvalue weighted by Gasteiger charge is -2.25. The third-order valence-corrected chi connectivity index (χ3v) is 4.72. The quantitative estimate of drug-likeness (QED) is 0.892. The van der Waals surface area contributed by atoms with Crippen LogP contribution in [0, 0.1) is 0 Å². The van der Waals surface area contributed by atoms with Crippen molar-refractivity contribution in [2.45, 2.75) is 58.3 Å². The number of anilines is 1. The maximum absolute atomic E-state index is 5.85. The summed E-state index contributed by atoms with van der Waals surface area (Å²) in [5, 5.41) is 0.627. The van der Waals surface area contributed by atoms with Crippen molar-refractivity contribution in [1.29, 1.82) is 0 Å². The fraction of sp³-hybridized carbons (Fsp3) is 0.600. The first-order valence-electron chi connectivity index (χ1n) is 6.97. The summed E-state index contributed by atoms with van der Waals surface area (Å²) < 4.78 is 5.85. The number of thiazole rings is 1.